The lowest BCUT2D eigenvalue weighted by Crippen LogP contribution is -2.18. The fraction of sp³-hybridized carbons (Fsp3) is 0.381. The molecule has 27 heavy (non-hydrogen) atoms. The molecule has 6 nitrogen and oxygen atoms in total. The van der Waals surface area contributed by atoms with E-state index in [0.29, 0.717) is 0 Å². The lowest BCUT2D eigenvalue weighted by molar-refractivity contribution is -0.0393. The summed E-state index contributed by atoms with van der Waals surface area (Å²) in [4.78, 5) is 8.50. The zero-order valence-corrected chi connectivity index (χ0v) is 16.0. The first-order valence-corrected chi connectivity index (χ1v) is 9.30. The predicted octanol–water partition coefficient (Wildman–Crippen LogP) is 4.33. The van der Waals surface area contributed by atoms with Crippen molar-refractivity contribution >= 4 is 0 Å². The van der Waals surface area contributed by atoms with Gasteiger partial charge in [-0.15, -0.1) is 0 Å². The van der Waals surface area contributed by atoms with E-state index >= 15 is 0 Å². The number of benzene rings is 1. The number of rotatable bonds is 4. The summed E-state index contributed by atoms with van der Waals surface area (Å²) in [5, 5.41) is 4.93. The Morgan fingerprint density at radius 1 is 1.19 bits per heavy atom. The molecule has 4 rings (SSSR count). The summed E-state index contributed by atoms with van der Waals surface area (Å²) in [5.41, 5.74) is 5.96. The third kappa shape index (κ3) is 3.45. The van der Waals surface area contributed by atoms with E-state index in [1.165, 1.54) is 0 Å². The summed E-state index contributed by atoms with van der Waals surface area (Å²) in [6.07, 6.45) is 8.57. The number of hydrogen-bond donors (Lipinski definition) is 0. The Morgan fingerprint density at radius 2 is 2.07 bits per heavy atom. The summed E-state index contributed by atoms with van der Waals surface area (Å²) in [6, 6.07) is 6.11. The van der Waals surface area contributed by atoms with Crippen molar-refractivity contribution in [1.29, 1.82) is 0 Å². The normalized spacial score (nSPS) is 17.1. The number of aryl methyl sites for hydroxylation is 1. The van der Waals surface area contributed by atoms with Crippen molar-refractivity contribution in [3.63, 3.8) is 0 Å². The molecule has 140 valence electrons. The van der Waals surface area contributed by atoms with Gasteiger partial charge < -0.3 is 9.47 Å². The second kappa shape index (κ2) is 7.48. The Bertz CT molecular complexity index is 931. The van der Waals surface area contributed by atoms with E-state index in [4.69, 9.17) is 14.6 Å². The Morgan fingerprint density at radius 3 is 2.78 bits per heavy atom. The van der Waals surface area contributed by atoms with Crippen LogP contribution in [0.15, 0.2) is 36.9 Å². The van der Waals surface area contributed by atoms with E-state index in [2.05, 4.69) is 29.9 Å². The molecule has 1 aliphatic heterocycles. The quantitative estimate of drug-likeness (QED) is 0.689. The number of aromatic nitrogens is 4. The molecule has 1 fully saturated rings. The van der Waals surface area contributed by atoms with Crippen molar-refractivity contribution < 1.29 is 9.47 Å². The van der Waals surface area contributed by atoms with Crippen molar-refractivity contribution in [3.05, 3.63) is 48.0 Å². The fourth-order valence-electron chi connectivity index (χ4n) is 3.59. The highest BCUT2D eigenvalue weighted by Gasteiger charge is 2.23. The van der Waals surface area contributed by atoms with Gasteiger partial charge in [-0.3, -0.25) is 0 Å². The molecule has 3 heterocycles. The van der Waals surface area contributed by atoms with Crippen LogP contribution in [0.1, 0.15) is 36.6 Å². The summed E-state index contributed by atoms with van der Waals surface area (Å²) < 4.78 is 13.5. The summed E-state index contributed by atoms with van der Waals surface area (Å²) in [7, 11) is 1.70. The molecular formula is C21H24N4O2. The predicted molar refractivity (Wildman–Crippen MR) is 104 cm³/mol. The molecule has 0 amide bonds. The van der Waals surface area contributed by atoms with Gasteiger partial charge in [0.15, 0.2) is 0 Å². The van der Waals surface area contributed by atoms with Gasteiger partial charge in [-0.1, -0.05) is 0 Å². The van der Waals surface area contributed by atoms with Gasteiger partial charge in [0.2, 0.25) is 0 Å². The molecule has 0 bridgehead atoms. The molecule has 0 spiro atoms. The maximum atomic E-state index is 5.95. The van der Waals surface area contributed by atoms with Crippen LogP contribution >= 0.6 is 0 Å². The van der Waals surface area contributed by atoms with Crippen LogP contribution < -0.4 is 4.74 Å². The number of nitrogens with zero attached hydrogens (tertiary/aromatic N) is 4. The molecule has 1 aliphatic rings. The van der Waals surface area contributed by atoms with Crippen molar-refractivity contribution in [3.8, 4) is 28.3 Å². The SMILES string of the molecule is COc1cc(C)cc(-c2nn(C3CCCCO3)cc2-c2ccncn2)c1C. The molecule has 0 saturated carbocycles. The van der Waals surface area contributed by atoms with E-state index in [1.807, 2.05) is 23.0 Å². The molecule has 1 saturated heterocycles. The van der Waals surface area contributed by atoms with Gasteiger partial charge in [-0.2, -0.15) is 5.10 Å². The van der Waals surface area contributed by atoms with Gasteiger partial charge in [0, 0.05) is 35.7 Å². The minimum absolute atomic E-state index is 0.0277. The monoisotopic (exact) mass is 364 g/mol. The maximum absolute atomic E-state index is 5.95. The van der Waals surface area contributed by atoms with Crippen LogP contribution in [-0.4, -0.2) is 33.5 Å². The van der Waals surface area contributed by atoms with Crippen LogP contribution in [0.5, 0.6) is 5.75 Å². The van der Waals surface area contributed by atoms with E-state index in [-0.39, 0.29) is 6.23 Å². The first-order chi connectivity index (χ1) is 13.2. The van der Waals surface area contributed by atoms with Gasteiger partial charge in [0.1, 0.15) is 24.0 Å². The first-order valence-electron chi connectivity index (χ1n) is 9.30. The van der Waals surface area contributed by atoms with Gasteiger partial charge in [-0.25, -0.2) is 14.6 Å². The Labute approximate surface area is 159 Å². The molecular weight excluding hydrogens is 340 g/mol. The van der Waals surface area contributed by atoms with E-state index in [0.717, 1.165) is 65.3 Å². The first kappa shape index (κ1) is 17.7. The second-order valence-corrected chi connectivity index (χ2v) is 6.93. The largest absolute Gasteiger partial charge is 0.496 e. The Hall–Kier alpha value is -2.73. The zero-order chi connectivity index (χ0) is 18.8. The Balaban J connectivity index is 1.88. The third-order valence-corrected chi connectivity index (χ3v) is 5.02. The molecule has 6 heteroatoms. The molecule has 1 aromatic carbocycles. The number of hydrogen-bond acceptors (Lipinski definition) is 5. The zero-order valence-electron chi connectivity index (χ0n) is 16.0. The minimum atomic E-state index is -0.0277. The van der Waals surface area contributed by atoms with Gasteiger partial charge >= 0.3 is 0 Å². The van der Waals surface area contributed by atoms with Crippen molar-refractivity contribution in [2.75, 3.05) is 13.7 Å². The molecule has 2 aromatic heterocycles. The molecule has 0 aliphatic carbocycles. The number of methoxy groups -OCH3 is 1. The van der Waals surface area contributed by atoms with Gasteiger partial charge in [0.25, 0.3) is 0 Å². The maximum Gasteiger partial charge on any atom is 0.150 e. The topological polar surface area (TPSA) is 62.1 Å². The van der Waals surface area contributed by atoms with Crippen LogP contribution in [0.3, 0.4) is 0 Å². The molecule has 0 N–H and O–H groups in total. The highest BCUT2D eigenvalue weighted by atomic mass is 16.5. The minimum Gasteiger partial charge on any atom is -0.496 e. The lowest BCUT2D eigenvalue weighted by atomic mass is 9.98. The van der Waals surface area contributed by atoms with Crippen molar-refractivity contribution in [2.24, 2.45) is 0 Å². The van der Waals surface area contributed by atoms with Crippen molar-refractivity contribution in [2.45, 2.75) is 39.3 Å². The molecule has 3 aromatic rings. The molecule has 1 unspecified atom stereocenters. The Kier molecular flexibility index (Phi) is 4.90. The van der Waals surface area contributed by atoms with Gasteiger partial charge in [0.05, 0.1) is 12.8 Å². The van der Waals surface area contributed by atoms with Crippen LogP contribution in [-0.2, 0) is 4.74 Å². The van der Waals surface area contributed by atoms with E-state index in [1.54, 1.807) is 19.6 Å². The van der Waals surface area contributed by atoms with Crippen LogP contribution in [0.25, 0.3) is 22.5 Å². The fourth-order valence-corrected chi connectivity index (χ4v) is 3.59. The van der Waals surface area contributed by atoms with Crippen LogP contribution in [0.4, 0.5) is 0 Å². The highest BCUT2D eigenvalue weighted by Crippen LogP contribution is 2.37. The average molecular weight is 364 g/mol. The lowest BCUT2D eigenvalue weighted by Gasteiger charge is -2.22. The summed E-state index contributed by atoms with van der Waals surface area (Å²) >= 11 is 0. The molecule has 1 atom stereocenters. The van der Waals surface area contributed by atoms with Crippen molar-refractivity contribution in [1.82, 2.24) is 19.7 Å². The summed E-state index contributed by atoms with van der Waals surface area (Å²) in [5.74, 6) is 0.863. The smallest absolute Gasteiger partial charge is 0.150 e. The highest BCUT2D eigenvalue weighted by molar-refractivity contribution is 5.81. The molecule has 0 radical (unpaired) electrons. The standard InChI is InChI=1S/C21H24N4O2/c1-14-10-16(15(2)19(11-14)26-3)21-17(18-7-8-22-13-23-18)12-25(24-21)20-6-4-5-9-27-20/h7-8,10-13,20H,4-6,9H2,1-3H3. The average Bonchev–Trinajstić information content (AvgIpc) is 3.16. The second-order valence-electron chi connectivity index (χ2n) is 6.93. The van der Waals surface area contributed by atoms with Crippen LogP contribution in [0, 0.1) is 13.8 Å². The van der Waals surface area contributed by atoms with E-state index in [9.17, 15) is 0 Å². The van der Waals surface area contributed by atoms with Gasteiger partial charge in [-0.05, 0) is 56.9 Å². The third-order valence-electron chi connectivity index (χ3n) is 5.02. The van der Waals surface area contributed by atoms with Crippen LogP contribution in [0.2, 0.25) is 0 Å². The summed E-state index contributed by atoms with van der Waals surface area (Å²) in [6.45, 7) is 4.91. The van der Waals surface area contributed by atoms with E-state index < -0.39 is 0 Å². The number of ether oxygens (including phenoxy) is 2.